The minimum absolute atomic E-state index is 0.0579. The Labute approximate surface area is 150 Å². The van der Waals surface area contributed by atoms with Crippen LogP contribution in [0.25, 0.3) is 0 Å². The Bertz CT molecular complexity index is 615. The van der Waals surface area contributed by atoms with Crippen molar-refractivity contribution < 1.29 is 14.3 Å². The average molecular weight is 344 g/mol. The van der Waals surface area contributed by atoms with Gasteiger partial charge < -0.3 is 19.3 Å². The Morgan fingerprint density at radius 1 is 1.08 bits per heavy atom. The molecule has 0 amide bonds. The van der Waals surface area contributed by atoms with Crippen LogP contribution in [0.2, 0.25) is 0 Å². The summed E-state index contributed by atoms with van der Waals surface area (Å²) in [5, 5.41) is 0. The highest BCUT2D eigenvalue weighted by atomic mass is 16.5. The zero-order chi connectivity index (χ0) is 17.6. The minimum atomic E-state index is -0.0579. The summed E-state index contributed by atoms with van der Waals surface area (Å²) in [4.78, 5) is 17.4. The first kappa shape index (κ1) is 17.8. The Hall–Kier alpha value is -2.01. The van der Waals surface area contributed by atoms with E-state index in [1.165, 1.54) is 38.8 Å². The lowest BCUT2D eigenvalue weighted by molar-refractivity contribution is 0.104. The standard InChI is InChI=1S/C20H28N2O3/c1-24-19-7-5-6-17(20(19)25-2)18(23)10-15-21-13-8-16(9-14-21)22-11-3-4-12-22/h5-7,10,15-16H,3-4,8-9,11-14H2,1-2H3. The molecule has 2 aliphatic heterocycles. The van der Waals surface area contributed by atoms with E-state index < -0.39 is 0 Å². The molecule has 0 radical (unpaired) electrons. The van der Waals surface area contributed by atoms with Gasteiger partial charge in [0.05, 0.1) is 19.8 Å². The molecule has 0 spiro atoms. The number of benzene rings is 1. The molecule has 0 atom stereocenters. The number of carbonyl (C=O) groups is 1. The molecule has 136 valence electrons. The molecule has 2 aliphatic rings. The van der Waals surface area contributed by atoms with Crippen molar-refractivity contribution in [1.29, 1.82) is 0 Å². The number of carbonyl (C=O) groups excluding carboxylic acids is 1. The van der Waals surface area contributed by atoms with E-state index in [2.05, 4.69) is 9.80 Å². The van der Waals surface area contributed by atoms with Crippen LogP contribution in [0, 0.1) is 0 Å². The Morgan fingerprint density at radius 2 is 1.80 bits per heavy atom. The summed E-state index contributed by atoms with van der Waals surface area (Å²) in [5.74, 6) is 1.01. The van der Waals surface area contributed by atoms with Crippen molar-refractivity contribution in [1.82, 2.24) is 9.80 Å². The summed E-state index contributed by atoms with van der Waals surface area (Å²) in [5.41, 5.74) is 0.532. The number of rotatable bonds is 6. The molecule has 0 aliphatic carbocycles. The first-order valence-electron chi connectivity index (χ1n) is 9.14. The number of para-hydroxylation sites is 1. The minimum Gasteiger partial charge on any atom is -0.493 e. The molecule has 0 saturated carbocycles. The second-order valence-corrected chi connectivity index (χ2v) is 6.73. The van der Waals surface area contributed by atoms with Crippen LogP contribution in [-0.2, 0) is 0 Å². The molecule has 1 aromatic rings. The summed E-state index contributed by atoms with van der Waals surface area (Å²) in [7, 11) is 3.13. The molecule has 0 unspecified atom stereocenters. The van der Waals surface area contributed by atoms with Crippen LogP contribution in [0.4, 0.5) is 0 Å². The third-order valence-electron chi connectivity index (χ3n) is 5.26. The predicted molar refractivity (Wildman–Crippen MR) is 98.4 cm³/mol. The van der Waals surface area contributed by atoms with Crippen LogP contribution >= 0.6 is 0 Å². The average Bonchev–Trinajstić information content (AvgIpc) is 3.20. The zero-order valence-electron chi connectivity index (χ0n) is 15.2. The fourth-order valence-electron chi connectivity index (χ4n) is 3.85. The molecule has 2 saturated heterocycles. The van der Waals surface area contributed by atoms with Gasteiger partial charge in [-0.1, -0.05) is 6.07 Å². The largest absolute Gasteiger partial charge is 0.493 e. The Morgan fingerprint density at radius 3 is 2.44 bits per heavy atom. The highest BCUT2D eigenvalue weighted by Gasteiger charge is 2.25. The van der Waals surface area contributed by atoms with Crippen LogP contribution in [0.5, 0.6) is 11.5 Å². The third kappa shape index (κ3) is 4.15. The van der Waals surface area contributed by atoms with Crippen LogP contribution in [0.1, 0.15) is 36.0 Å². The second-order valence-electron chi connectivity index (χ2n) is 6.73. The number of piperidine rings is 1. The molecule has 0 aromatic heterocycles. The molecular formula is C20H28N2O3. The van der Waals surface area contributed by atoms with E-state index in [4.69, 9.17) is 9.47 Å². The third-order valence-corrected chi connectivity index (χ3v) is 5.26. The highest BCUT2D eigenvalue weighted by molar-refractivity contribution is 6.07. The van der Waals surface area contributed by atoms with E-state index in [0.717, 1.165) is 19.1 Å². The van der Waals surface area contributed by atoms with Gasteiger partial charge in [0.15, 0.2) is 17.3 Å². The van der Waals surface area contributed by atoms with Gasteiger partial charge in [-0.2, -0.15) is 0 Å². The lowest BCUT2D eigenvalue weighted by atomic mass is 10.0. The fraction of sp³-hybridized carbons (Fsp3) is 0.550. The van der Waals surface area contributed by atoms with Crippen molar-refractivity contribution >= 4 is 5.78 Å². The van der Waals surface area contributed by atoms with E-state index in [0.29, 0.717) is 17.1 Å². The Kier molecular flexibility index (Phi) is 5.97. The molecule has 0 N–H and O–H groups in total. The molecule has 5 nitrogen and oxygen atoms in total. The normalized spacial score (nSPS) is 19.5. The number of hydrogen-bond donors (Lipinski definition) is 0. The lowest BCUT2D eigenvalue weighted by Crippen LogP contribution is -2.42. The van der Waals surface area contributed by atoms with Gasteiger partial charge in [-0.05, 0) is 50.9 Å². The van der Waals surface area contributed by atoms with Gasteiger partial charge in [0.25, 0.3) is 0 Å². The maximum Gasteiger partial charge on any atom is 0.191 e. The number of ketones is 1. The molecule has 25 heavy (non-hydrogen) atoms. The maximum absolute atomic E-state index is 12.6. The highest BCUT2D eigenvalue weighted by Crippen LogP contribution is 2.31. The van der Waals surface area contributed by atoms with Crippen LogP contribution in [0.3, 0.4) is 0 Å². The number of methoxy groups -OCH3 is 2. The zero-order valence-corrected chi connectivity index (χ0v) is 15.2. The van der Waals surface area contributed by atoms with Crippen molar-refractivity contribution in [3.8, 4) is 11.5 Å². The molecule has 1 aromatic carbocycles. The van der Waals surface area contributed by atoms with Gasteiger partial charge in [-0.25, -0.2) is 0 Å². The monoisotopic (exact) mass is 344 g/mol. The van der Waals surface area contributed by atoms with Crippen molar-refractivity contribution in [2.24, 2.45) is 0 Å². The summed E-state index contributed by atoms with van der Waals surface area (Å²) in [6.45, 7) is 4.55. The van der Waals surface area contributed by atoms with Gasteiger partial charge in [-0.3, -0.25) is 4.79 Å². The van der Waals surface area contributed by atoms with Crippen molar-refractivity contribution in [3.63, 3.8) is 0 Å². The van der Waals surface area contributed by atoms with E-state index >= 15 is 0 Å². The number of nitrogens with zero attached hydrogens (tertiary/aromatic N) is 2. The molecule has 5 heteroatoms. The van der Waals surface area contributed by atoms with E-state index in [9.17, 15) is 4.79 Å². The van der Waals surface area contributed by atoms with Crippen LogP contribution < -0.4 is 9.47 Å². The van der Waals surface area contributed by atoms with E-state index in [1.54, 1.807) is 32.4 Å². The maximum atomic E-state index is 12.6. The molecule has 0 bridgehead atoms. The number of hydrogen-bond acceptors (Lipinski definition) is 5. The SMILES string of the molecule is COc1cccc(C(=O)C=CN2CCC(N3CCCC3)CC2)c1OC. The van der Waals surface area contributed by atoms with Crippen LogP contribution in [-0.4, -0.2) is 62.0 Å². The van der Waals surface area contributed by atoms with Gasteiger partial charge in [0.1, 0.15) is 0 Å². The summed E-state index contributed by atoms with van der Waals surface area (Å²) < 4.78 is 10.6. The van der Waals surface area contributed by atoms with Gasteiger partial charge in [0, 0.05) is 31.4 Å². The smallest absolute Gasteiger partial charge is 0.191 e. The quantitative estimate of drug-likeness (QED) is 0.586. The number of allylic oxidation sites excluding steroid dienone is 1. The van der Waals surface area contributed by atoms with Crippen molar-refractivity contribution in [3.05, 3.63) is 36.0 Å². The molecule has 2 fully saturated rings. The first-order chi connectivity index (χ1) is 12.2. The molecular weight excluding hydrogens is 316 g/mol. The molecule has 3 rings (SSSR count). The second kappa shape index (κ2) is 8.39. The van der Waals surface area contributed by atoms with Gasteiger partial charge in [0.2, 0.25) is 0 Å². The predicted octanol–water partition coefficient (Wildman–Crippen LogP) is 2.96. The fourth-order valence-corrected chi connectivity index (χ4v) is 3.85. The van der Waals surface area contributed by atoms with E-state index in [-0.39, 0.29) is 5.78 Å². The Balaban J connectivity index is 1.58. The van der Waals surface area contributed by atoms with E-state index in [1.807, 2.05) is 12.3 Å². The first-order valence-corrected chi connectivity index (χ1v) is 9.14. The molecule has 2 heterocycles. The van der Waals surface area contributed by atoms with Crippen LogP contribution in [0.15, 0.2) is 30.5 Å². The summed E-state index contributed by atoms with van der Waals surface area (Å²) in [6, 6.07) is 6.10. The number of ether oxygens (including phenoxy) is 2. The van der Waals surface area contributed by atoms with Crippen molar-refractivity contribution in [2.75, 3.05) is 40.4 Å². The lowest BCUT2D eigenvalue weighted by Gasteiger charge is -2.36. The number of likely N-dealkylation sites (tertiary alicyclic amines) is 2. The van der Waals surface area contributed by atoms with Gasteiger partial charge in [-0.15, -0.1) is 0 Å². The summed E-state index contributed by atoms with van der Waals surface area (Å²) in [6.07, 6.45) is 8.63. The van der Waals surface area contributed by atoms with Crippen molar-refractivity contribution in [2.45, 2.75) is 31.7 Å². The summed E-state index contributed by atoms with van der Waals surface area (Å²) >= 11 is 0. The topological polar surface area (TPSA) is 42.0 Å². The van der Waals surface area contributed by atoms with Gasteiger partial charge >= 0.3 is 0 Å².